The largest absolute Gasteiger partial charge is 0.382 e. The molecule has 0 unspecified atom stereocenters. The molecule has 4 N–H and O–H groups in total. The van der Waals surface area contributed by atoms with E-state index >= 15 is 0 Å². The van der Waals surface area contributed by atoms with Gasteiger partial charge in [-0.25, -0.2) is 4.98 Å². The Morgan fingerprint density at radius 1 is 1.56 bits per heavy atom. The molecular formula is C12H20N4OS. The van der Waals surface area contributed by atoms with E-state index in [4.69, 9.17) is 5.73 Å². The summed E-state index contributed by atoms with van der Waals surface area (Å²) < 4.78 is 0. The lowest BCUT2D eigenvalue weighted by Crippen LogP contribution is -2.25. The third kappa shape index (κ3) is 3.60. The third-order valence-electron chi connectivity index (χ3n) is 2.77. The van der Waals surface area contributed by atoms with Crippen LogP contribution in [0.4, 0.5) is 10.9 Å². The van der Waals surface area contributed by atoms with Crippen LogP contribution in [-0.2, 0) is 0 Å². The van der Waals surface area contributed by atoms with Crippen LogP contribution in [0, 0.1) is 5.92 Å². The summed E-state index contributed by atoms with van der Waals surface area (Å²) in [6, 6.07) is 0.521. The van der Waals surface area contributed by atoms with Gasteiger partial charge in [-0.3, -0.25) is 4.79 Å². The zero-order chi connectivity index (χ0) is 13.1. The SMILES string of the molecule is CC(C)CCNC(=O)c1sc(NC2CC2)nc1N. The molecule has 0 aliphatic heterocycles. The quantitative estimate of drug-likeness (QED) is 0.738. The van der Waals surface area contributed by atoms with E-state index in [-0.39, 0.29) is 5.91 Å². The van der Waals surface area contributed by atoms with Crippen molar-refractivity contribution in [1.29, 1.82) is 0 Å². The zero-order valence-electron chi connectivity index (χ0n) is 10.8. The lowest BCUT2D eigenvalue weighted by atomic mass is 10.1. The van der Waals surface area contributed by atoms with Crippen molar-refractivity contribution in [3.8, 4) is 0 Å². The number of carbonyl (C=O) groups is 1. The van der Waals surface area contributed by atoms with Gasteiger partial charge in [0.05, 0.1) is 0 Å². The molecule has 1 aromatic heterocycles. The van der Waals surface area contributed by atoms with Crippen molar-refractivity contribution in [2.45, 2.75) is 39.2 Å². The van der Waals surface area contributed by atoms with Crippen molar-refractivity contribution in [2.75, 3.05) is 17.6 Å². The summed E-state index contributed by atoms with van der Waals surface area (Å²) in [4.78, 5) is 16.6. The topological polar surface area (TPSA) is 80.0 Å². The Morgan fingerprint density at radius 2 is 2.28 bits per heavy atom. The first-order valence-electron chi connectivity index (χ1n) is 6.37. The fraction of sp³-hybridized carbons (Fsp3) is 0.667. The second kappa shape index (κ2) is 5.56. The Hall–Kier alpha value is -1.30. The van der Waals surface area contributed by atoms with Crippen LogP contribution >= 0.6 is 11.3 Å². The Labute approximate surface area is 111 Å². The fourth-order valence-electron chi connectivity index (χ4n) is 1.51. The summed E-state index contributed by atoms with van der Waals surface area (Å²) in [5.74, 6) is 0.788. The molecule has 2 rings (SSSR count). The number of rotatable bonds is 6. The molecule has 0 aromatic carbocycles. The maximum absolute atomic E-state index is 11.9. The molecule has 0 saturated heterocycles. The van der Waals surface area contributed by atoms with Crippen molar-refractivity contribution >= 4 is 28.2 Å². The monoisotopic (exact) mass is 268 g/mol. The van der Waals surface area contributed by atoms with Crippen LogP contribution in [0.25, 0.3) is 0 Å². The molecule has 1 aliphatic carbocycles. The third-order valence-corrected chi connectivity index (χ3v) is 3.77. The molecule has 1 aromatic rings. The van der Waals surface area contributed by atoms with Gasteiger partial charge >= 0.3 is 0 Å². The molecule has 0 atom stereocenters. The van der Waals surface area contributed by atoms with Crippen LogP contribution in [0.2, 0.25) is 0 Å². The maximum Gasteiger partial charge on any atom is 0.265 e. The number of carbonyl (C=O) groups excluding carboxylic acids is 1. The van der Waals surface area contributed by atoms with E-state index in [1.165, 1.54) is 24.2 Å². The van der Waals surface area contributed by atoms with Gasteiger partial charge in [-0.1, -0.05) is 25.2 Å². The van der Waals surface area contributed by atoms with Gasteiger partial charge in [-0.2, -0.15) is 0 Å². The molecule has 5 nitrogen and oxygen atoms in total. The van der Waals surface area contributed by atoms with Crippen molar-refractivity contribution in [2.24, 2.45) is 5.92 Å². The summed E-state index contributed by atoms with van der Waals surface area (Å²) in [5.41, 5.74) is 5.77. The van der Waals surface area contributed by atoms with Crippen molar-refractivity contribution < 1.29 is 4.79 Å². The zero-order valence-corrected chi connectivity index (χ0v) is 11.6. The number of nitrogens with two attached hydrogens (primary N) is 1. The smallest absolute Gasteiger partial charge is 0.265 e. The molecular weight excluding hydrogens is 248 g/mol. The van der Waals surface area contributed by atoms with Gasteiger partial charge in [0, 0.05) is 12.6 Å². The predicted octanol–water partition coefficient (Wildman–Crippen LogP) is 2.08. The molecule has 6 heteroatoms. The molecule has 0 spiro atoms. The van der Waals surface area contributed by atoms with Crippen LogP contribution in [0.15, 0.2) is 0 Å². The molecule has 1 fully saturated rings. The van der Waals surface area contributed by atoms with Crippen LogP contribution in [0.1, 0.15) is 42.8 Å². The summed E-state index contributed by atoms with van der Waals surface area (Å²) in [5, 5.41) is 6.88. The van der Waals surface area contributed by atoms with Gasteiger partial charge in [-0.05, 0) is 25.2 Å². The summed E-state index contributed by atoms with van der Waals surface area (Å²) in [6.45, 7) is 4.94. The molecule has 1 heterocycles. The molecule has 0 bridgehead atoms. The van der Waals surface area contributed by atoms with E-state index in [0.717, 1.165) is 11.6 Å². The Balaban J connectivity index is 1.89. The Kier molecular flexibility index (Phi) is 4.06. The highest BCUT2D eigenvalue weighted by Crippen LogP contribution is 2.30. The lowest BCUT2D eigenvalue weighted by molar-refractivity contribution is 0.0956. The van der Waals surface area contributed by atoms with Crippen molar-refractivity contribution in [3.63, 3.8) is 0 Å². The normalized spacial score (nSPS) is 14.8. The predicted molar refractivity (Wildman–Crippen MR) is 75.0 cm³/mol. The number of nitrogens with one attached hydrogen (secondary N) is 2. The van der Waals surface area contributed by atoms with Crippen molar-refractivity contribution in [3.05, 3.63) is 4.88 Å². The van der Waals surface area contributed by atoms with Gasteiger partial charge < -0.3 is 16.4 Å². The minimum absolute atomic E-state index is 0.116. The molecule has 100 valence electrons. The standard InChI is InChI=1S/C12H20N4OS/c1-7(2)5-6-14-11(17)9-10(13)16-12(18-9)15-8-3-4-8/h7-8H,3-6,13H2,1-2H3,(H,14,17)(H,15,16). The molecule has 0 radical (unpaired) electrons. The second-order valence-corrected chi connectivity index (χ2v) is 6.09. The van der Waals surface area contributed by atoms with Crippen LogP contribution in [0.5, 0.6) is 0 Å². The Morgan fingerprint density at radius 3 is 2.89 bits per heavy atom. The number of thiazole rings is 1. The average Bonchev–Trinajstić information content (AvgIpc) is 3.01. The fourth-order valence-corrected chi connectivity index (χ4v) is 2.39. The number of nitrogens with zero attached hydrogens (tertiary/aromatic N) is 1. The molecule has 1 aliphatic rings. The van der Waals surface area contributed by atoms with Crippen LogP contribution < -0.4 is 16.4 Å². The number of aromatic nitrogens is 1. The number of nitrogen functional groups attached to an aromatic ring is 1. The lowest BCUT2D eigenvalue weighted by Gasteiger charge is -2.05. The van der Waals surface area contributed by atoms with Crippen molar-refractivity contribution in [1.82, 2.24) is 10.3 Å². The van der Waals surface area contributed by atoms with E-state index < -0.39 is 0 Å². The number of anilines is 2. The highest BCUT2D eigenvalue weighted by molar-refractivity contribution is 7.18. The van der Waals surface area contributed by atoms with E-state index in [9.17, 15) is 4.79 Å². The highest BCUT2D eigenvalue weighted by Gasteiger charge is 2.24. The molecule has 1 saturated carbocycles. The van der Waals surface area contributed by atoms with E-state index in [2.05, 4.69) is 29.5 Å². The first-order valence-corrected chi connectivity index (χ1v) is 7.19. The van der Waals surface area contributed by atoms with E-state index in [0.29, 0.717) is 29.2 Å². The minimum atomic E-state index is -0.116. The number of hydrogen-bond acceptors (Lipinski definition) is 5. The molecule has 1 amide bonds. The number of hydrogen-bond donors (Lipinski definition) is 3. The summed E-state index contributed by atoms with van der Waals surface area (Å²) in [6.07, 6.45) is 3.32. The van der Waals surface area contributed by atoms with Gasteiger partial charge in [0.2, 0.25) is 0 Å². The van der Waals surface area contributed by atoms with E-state index in [1.807, 2.05) is 0 Å². The summed E-state index contributed by atoms with van der Waals surface area (Å²) in [7, 11) is 0. The maximum atomic E-state index is 11.9. The van der Waals surface area contributed by atoms with Crippen LogP contribution in [-0.4, -0.2) is 23.5 Å². The van der Waals surface area contributed by atoms with Gasteiger partial charge in [0.15, 0.2) is 5.13 Å². The minimum Gasteiger partial charge on any atom is -0.382 e. The van der Waals surface area contributed by atoms with Gasteiger partial charge in [-0.15, -0.1) is 0 Å². The first-order chi connectivity index (χ1) is 8.56. The second-order valence-electron chi connectivity index (χ2n) is 5.09. The molecule has 18 heavy (non-hydrogen) atoms. The first kappa shape index (κ1) is 13.1. The van der Waals surface area contributed by atoms with Gasteiger partial charge in [0.1, 0.15) is 10.7 Å². The van der Waals surface area contributed by atoms with Crippen LogP contribution in [0.3, 0.4) is 0 Å². The Bertz CT molecular complexity index is 426. The average molecular weight is 268 g/mol. The van der Waals surface area contributed by atoms with Gasteiger partial charge in [0.25, 0.3) is 5.91 Å². The highest BCUT2D eigenvalue weighted by atomic mass is 32.1. The number of amides is 1. The van der Waals surface area contributed by atoms with E-state index in [1.54, 1.807) is 0 Å². The summed E-state index contributed by atoms with van der Waals surface area (Å²) >= 11 is 1.34.